The fraction of sp³-hybridized carbons (Fsp3) is 0.500. The van der Waals surface area contributed by atoms with E-state index in [1.165, 1.54) is 24.3 Å². The summed E-state index contributed by atoms with van der Waals surface area (Å²) in [6, 6.07) is 5.58. The average Bonchev–Trinajstić information content (AvgIpc) is 2.53. The van der Waals surface area contributed by atoms with Gasteiger partial charge in [0.2, 0.25) is 5.91 Å². The maximum Gasteiger partial charge on any atom is 0.226 e. The molecule has 6 heteroatoms. The van der Waals surface area contributed by atoms with Crippen LogP contribution in [0.2, 0.25) is 0 Å². The largest absolute Gasteiger partial charge is 0.342 e. The SMILES string of the molecule is CC(CN)C(=O)N1CCCC(C(=O)c2ccc(F)cc2)C1.Cl. The molecule has 22 heavy (non-hydrogen) atoms. The van der Waals surface area contributed by atoms with Crippen molar-refractivity contribution in [3.05, 3.63) is 35.6 Å². The van der Waals surface area contributed by atoms with Gasteiger partial charge in [-0.05, 0) is 37.1 Å². The van der Waals surface area contributed by atoms with E-state index in [1.807, 2.05) is 0 Å². The summed E-state index contributed by atoms with van der Waals surface area (Å²) in [5, 5.41) is 0. The Hall–Kier alpha value is -1.46. The molecular formula is C16H22ClFN2O2. The first kappa shape index (κ1) is 18.6. The molecule has 0 aromatic heterocycles. The van der Waals surface area contributed by atoms with Crippen molar-refractivity contribution in [1.82, 2.24) is 4.90 Å². The van der Waals surface area contributed by atoms with Gasteiger partial charge >= 0.3 is 0 Å². The minimum absolute atomic E-state index is 0. The zero-order chi connectivity index (χ0) is 15.4. The molecule has 2 atom stereocenters. The molecule has 0 saturated carbocycles. The van der Waals surface area contributed by atoms with E-state index in [9.17, 15) is 14.0 Å². The molecule has 1 aromatic rings. The highest BCUT2D eigenvalue weighted by Crippen LogP contribution is 2.22. The van der Waals surface area contributed by atoms with Crippen LogP contribution in [0.1, 0.15) is 30.1 Å². The Labute approximate surface area is 136 Å². The highest BCUT2D eigenvalue weighted by Gasteiger charge is 2.30. The molecule has 0 bridgehead atoms. The van der Waals surface area contributed by atoms with Gasteiger partial charge in [-0.1, -0.05) is 6.92 Å². The van der Waals surface area contributed by atoms with Crippen molar-refractivity contribution in [2.45, 2.75) is 19.8 Å². The lowest BCUT2D eigenvalue weighted by molar-refractivity contribution is -0.136. The standard InChI is InChI=1S/C16H21FN2O2.ClH/c1-11(9-18)16(21)19-8-2-3-13(10-19)15(20)12-4-6-14(17)7-5-12;/h4-7,11,13H,2-3,8-10,18H2,1H3;1H. The molecule has 1 fully saturated rings. The highest BCUT2D eigenvalue weighted by molar-refractivity contribution is 5.98. The van der Waals surface area contributed by atoms with Crippen LogP contribution in [0, 0.1) is 17.7 Å². The number of halogens is 2. The van der Waals surface area contributed by atoms with E-state index >= 15 is 0 Å². The number of carbonyl (C=O) groups is 2. The van der Waals surface area contributed by atoms with Crippen molar-refractivity contribution < 1.29 is 14.0 Å². The van der Waals surface area contributed by atoms with Crippen LogP contribution in [0.25, 0.3) is 0 Å². The number of nitrogens with zero attached hydrogens (tertiary/aromatic N) is 1. The topological polar surface area (TPSA) is 63.4 Å². The van der Waals surface area contributed by atoms with Gasteiger partial charge in [0.25, 0.3) is 0 Å². The molecule has 2 rings (SSSR count). The van der Waals surface area contributed by atoms with E-state index in [0.29, 0.717) is 25.2 Å². The fourth-order valence-electron chi connectivity index (χ4n) is 2.65. The van der Waals surface area contributed by atoms with Gasteiger partial charge in [0.05, 0.1) is 0 Å². The number of nitrogens with two attached hydrogens (primary N) is 1. The second-order valence-corrected chi connectivity index (χ2v) is 5.63. The van der Waals surface area contributed by atoms with Gasteiger partial charge in [-0.3, -0.25) is 9.59 Å². The molecule has 1 aliphatic rings. The monoisotopic (exact) mass is 328 g/mol. The zero-order valence-electron chi connectivity index (χ0n) is 12.6. The number of ketones is 1. The molecule has 4 nitrogen and oxygen atoms in total. The molecule has 1 aromatic carbocycles. The third kappa shape index (κ3) is 4.27. The molecule has 2 N–H and O–H groups in total. The van der Waals surface area contributed by atoms with Crippen LogP contribution < -0.4 is 5.73 Å². The van der Waals surface area contributed by atoms with Gasteiger partial charge in [-0.25, -0.2) is 4.39 Å². The molecule has 1 saturated heterocycles. The predicted molar refractivity (Wildman–Crippen MR) is 85.5 cm³/mol. The van der Waals surface area contributed by atoms with Crippen LogP contribution in [0.5, 0.6) is 0 Å². The zero-order valence-corrected chi connectivity index (χ0v) is 13.4. The smallest absolute Gasteiger partial charge is 0.226 e. The van der Waals surface area contributed by atoms with E-state index < -0.39 is 0 Å². The Bertz CT molecular complexity index is 521. The Kier molecular flexibility index (Phi) is 6.97. The number of hydrogen-bond acceptors (Lipinski definition) is 3. The number of amides is 1. The lowest BCUT2D eigenvalue weighted by Gasteiger charge is -2.33. The van der Waals surface area contributed by atoms with Crippen molar-refractivity contribution in [3.63, 3.8) is 0 Å². The van der Waals surface area contributed by atoms with Crippen LogP contribution >= 0.6 is 12.4 Å². The predicted octanol–water partition coefficient (Wildman–Crippen LogP) is 2.26. The van der Waals surface area contributed by atoms with Gasteiger partial charge in [0.15, 0.2) is 5.78 Å². The highest BCUT2D eigenvalue weighted by atomic mass is 35.5. The second kappa shape index (κ2) is 8.25. The van der Waals surface area contributed by atoms with Gasteiger partial charge in [-0.15, -0.1) is 12.4 Å². The summed E-state index contributed by atoms with van der Waals surface area (Å²) in [5.41, 5.74) is 6.03. The maximum absolute atomic E-state index is 12.9. The summed E-state index contributed by atoms with van der Waals surface area (Å²) in [6.45, 7) is 3.22. The Morgan fingerprint density at radius 2 is 2.00 bits per heavy atom. The van der Waals surface area contributed by atoms with Gasteiger partial charge < -0.3 is 10.6 Å². The van der Waals surface area contributed by atoms with Crippen LogP contribution in [-0.2, 0) is 4.79 Å². The molecule has 122 valence electrons. The number of piperidine rings is 1. The number of likely N-dealkylation sites (tertiary alicyclic amines) is 1. The minimum atomic E-state index is -0.358. The lowest BCUT2D eigenvalue weighted by Crippen LogP contribution is -2.45. The Balaban J connectivity index is 0.00000242. The lowest BCUT2D eigenvalue weighted by atomic mass is 9.89. The van der Waals surface area contributed by atoms with E-state index in [0.717, 1.165) is 12.8 Å². The Morgan fingerprint density at radius 3 is 2.59 bits per heavy atom. The number of benzene rings is 1. The second-order valence-electron chi connectivity index (χ2n) is 5.63. The number of rotatable bonds is 4. The normalized spacial score (nSPS) is 19.2. The molecule has 1 heterocycles. The third-order valence-corrected chi connectivity index (χ3v) is 4.01. The fourth-order valence-corrected chi connectivity index (χ4v) is 2.65. The number of Topliss-reactive ketones (excluding diaryl/α,β-unsaturated/α-hetero) is 1. The van der Waals surface area contributed by atoms with E-state index in [1.54, 1.807) is 11.8 Å². The van der Waals surface area contributed by atoms with Gasteiger partial charge in [0, 0.05) is 37.0 Å². The van der Waals surface area contributed by atoms with Crippen molar-refractivity contribution in [1.29, 1.82) is 0 Å². The molecule has 0 spiro atoms. The summed E-state index contributed by atoms with van der Waals surface area (Å²) in [6.07, 6.45) is 1.57. The summed E-state index contributed by atoms with van der Waals surface area (Å²) in [4.78, 5) is 26.3. The van der Waals surface area contributed by atoms with Crippen LogP contribution in [0.3, 0.4) is 0 Å². The number of carbonyl (C=O) groups excluding carboxylic acids is 2. The summed E-state index contributed by atoms with van der Waals surface area (Å²) in [5.74, 6) is -0.798. The van der Waals surface area contributed by atoms with Crippen molar-refractivity contribution in [2.75, 3.05) is 19.6 Å². The molecule has 1 aliphatic heterocycles. The van der Waals surface area contributed by atoms with Crippen molar-refractivity contribution in [2.24, 2.45) is 17.6 Å². The van der Waals surface area contributed by atoms with Crippen molar-refractivity contribution in [3.8, 4) is 0 Å². The van der Waals surface area contributed by atoms with Crippen LogP contribution in [-0.4, -0.2) is 36.2 Å². The van der Waals surface area contributed by atoms with Crippen LogP contribution in [0.15, 0.2) is 24.3 Å². The molecule has 2 unspecified atom stereocenters. The molecule has 0 radical (unpaired) electrons. The van der Waals surface area contributed by atoms with Gasteiger partial charge in [-0.2, -0.15) is 0 Å². The summed E-state index contributed by atoms with van der Waals surface area (Å²) in [7, 11) is 0. The summed E-state index contributed by atoms with van der Waals surface area (Å²) < 4.78 is 12.9. The quantitative estimate of drug-likeness (QED) is 0.862. The van der Waals surface area contributed by atoms with E-state index in [2.05, 4.69) is 0 Å². The third-order valence-electron chi connectivity index (χ3n) is 4.01. The van der Waals surface area contributed by atoms with Crippen molar-refractivity contribution >= 4 is 24.1 Å². The number of hydrogen-bond donors (Lipinski definition) is 1. The van der Waals surface area contributed by atoms with E-state index in [-0.39, 0.29) is 41.8 Å². The molecule has 0 aliphatic carbocycles. The first-order valence-corrected chi connectivity index (χ1v) is 7.31. The Morgan fingerprint density at radius 1 is 1.36 bits per heavy atom. The summed E-state index contributed by atoms with van der Waals surface area (Å²) >= 11 is 0. The van der Waals surface area contributed by atoms with Gasteiger partial charge in [0.1, 0.15) is 5.82 Å². The molecular weight excluding hydrogens is 307 g/mol. The van der Waals surface area contributed by atoms with E-state index in [4.69, 9.17) is 5.73 Å². The molecule has 1 amide bonds. The average molecular weight is 329 g/mol. The first-order valence-electron chi connectivity index (χ1n) is 7.31. The maximum atomic E-state index is 12.9. The first-order chi connectivity index (χ1) is 10.0. The van der Waals surface area contributed by atoms with Crippen LogP contribution in [0.4, 0.5) is 4.39 Å². The minimum Gasteiger partial charge on any atom is -0.342 e.